The van der Waals surface area contributed by atoms with Crippen LogP contribution in [0.2, 0.25) is 5.02 Å². The lowest BCUT2D eigenvalue weighted by molar-refractivity contribution is 0.0459. The van der Waals surface area contributed by atoms with Crippen LogP contribution in [0.4, 0.5) is 5.82 Å². The molecule has 2 heterocycles. The molecule has 4 atom stereocenters. The summed E-state index contributed by atoms with van der Waals surface area (Å²) in [4.78, 5) is 18.4. The molecule has 7 heteroatoms. The number of aliphatic hydroxyl groups is 1. The lowest BCUT2D eigenvalue weighted by Gasteiger charge is -2.45. The van der Waals surface area contributed by atoms with Gasteiger partial charge in [-0.05, 0) is 79.3 Å². The number of aryl methyl sites for hydroxylation is 1. The van der Waals surface area contributed by atoms with Crippen LogP contribution >= 0.6 is 11.6 Å². The SMILES string of the molecule is C=CC(O)[C@@H]1CC[C@H]1CN1C[C@@]2(CCCc3cc(Cl)ccc32)COc2ccc(C(=O)O)nc21. The lowest BCUT2D eigenvalue weighted by atomic mass is 9.68. The molecule has 2 N–H and O–H groups in total. The number of aliphatic hydroxyl groups excluding tert-OH is 1. The van der Waals surface area contributed by atoms with Gasteiger partial charge in [0.25, 0.3) is 0 Å². The van der Waals surface area contributed by atoms with Gasteiger partial charge in [0.2, 0.25) is 0 Å². The third-order valence-corrected chi connectivity index (χ3v) is 7.94. The summed E-state index contributed by atoms with van der Waals surface area (Å²) in [5.41, 5.74) is 2.28. The maximum absolute atomic E-state index is 11.7. The summed E-state index contributed by atoms with van der Waals surface area (Å²) in [6.07, 6.45) is 6.06. The highest BCUT2D eigenvalue weighted by atomic mass is 35.5. The molecule has 2 aliphatic carbocycles. The van der Waals surface area contributed by atoms with Crippen LogP contribution in [-0.4, -0.2) is 47.0 Å². The van der Waals surface area contributed by atoms with E-state index in [1.54, 1.807) is 12.1 Å². The van der Waals surface area contributed by atoms with Crippen LogP contribution in [-0.2, 0) is 11.8 Å². The van der Waals surface area contributed by atoms with Gasteiger partial charge in [0.05, 0.1) is 12.7 Å². The lowest BCUT2D eigenvalue weighted by Crippen LogP contribution is -2.49. The van der Waals surface area contributed by atoms with E-state index in [-0.39, 0.29) is 22.9 Å². The molecule has 1 fully saturated rings. The van der Waals surface area contributed by atoms with Crippen molar-refractivity contribution in [3.8, 4) is 5.75 Å². The molecule has 0 radical (unpaired) electrons. The first kappa shape index (κ1) is 22.2. The number of halogens is 1. The van der Waals surface area contributed by atoms with E-state index in [4.69, 9.17) is 16.3 Å². The topological polar surface area (TPSA) is 82.9 Å². The number of pyridine rings is 1. The number of hydrogen-bond acceptors (Lipinski definition) is 5. The quantitative estimate of drug-likeness (QED) is 0.629. The normalized spacial score (nSPS) is 26.9. The van der Waals surface area contributed by atoms with E-state index in [1.807, 2.05) is 6.07 Å². The molecule has 0 saturated heterocycles. The van der Waals surface area contributed by atoms with Gasteiger partial charge in [0, 0.05) is 23.5 Å². The molecule has 1 saturated carbocycles. The number of hydrogen-bond donors (Lipinski definition) is 2. The Morgan fingerprint density at radius 2 is 2.21 bits per heavy atom. The summed E-state index contributed by atoms with van der Waals surface area (Å²) in [5.74, 6) is 0.568. The second-order valence-corrected chi connectivity index (χ2v) is 10.1. The van der Waals surface area contributed by atoms with Gasteiger partial charge in [-0.25, -0.2) is 9.78 Å². The summed E-state index contributed by atoms with van der Waals surface area (Å²) in [7, 11) is 0. The van der Waals surface area contributed by atoms with Crippen LogP contribution in [0.5, 0.6) is 5.75 Å². The van der Waals surface area contributed by atoms with Gasteiger partial charge in [-0.2, -0.15) is 0 Å². The first-order valence-electron chi connectivity index (χ1n) is 11.6. The molecule has 0 bridgehead atoms. The zero-order valence-corrected chi connectivity index (χ0v) is 19.3. The zero-order valence-electron chi connectivity index (χ0n) is 18.5. The maximum atomic E-state index is 11.7. The Morgan fingerprint density at radius 3 is 2.94 bits per heavy atom. The van der Waals surface area contributed by atoms with E-state index in [0.717, 1.165) is 37.1 Å². The molecule has 0 amide bonds. The summed E-state index contributed by atoms with van der Waals surface area (Å²) in [6.45, 7) is 5.62. The van der Waals surface area contributed by atoms with Crippen molar-refractivity contribution in [3.05, 3.63) is 64.8 Å². The van der Waals surface area contributed by atoms with Crippen molar-refractivity contribution in [1.82, 2.24) is 4.98 Å². The van der Waals surface area contributed by atoms with Crippen LogP contribution in [0.15, 0.2) is 43.0 Å². The number of ether oxygens (including phenoxy) is 1. The standard InChI is InChI=1S/C26H29ClN2O4/c1-2-22(30)19-7-5-17(19)13-29-14-26(11-3-4-16-12-18(27)6-8-20(16)26)15-33-23-10-9-21(25(31)32)28-24(23)29/h2,6,8-10,12,17,19,22,30H,1,3-5,7,11,13-15H2,(H,31,32)/t17-,19+,22?,26-/m0/s1. The highest BCUT2D eigenvalue weighted by Gasteiger charge is 2.44. The number of carboxylic acid groups (broad SMARTS) is 1. The summed E-state index contributed by atoms with van der Waals surface area (Å²) in [5, 5.41) is 20.7. The Bertz CT molecular complexity index is 1090. The first-order valence-corrected chi connectivity index (χ1v) is 12.0. The van der Waals surface area contributed by atoms with Crippen LogP contribution in [0.3, 0.4) is 0 Å². The number of aromatic nitrogens is 1. The number of fused-ring (bicyclic) bond motifs is 3. The molecule has 1 spiro atoms. The molecule has 174 valence electrons. The number of anilines is 1. The molecular formula is C26H29ClN2O4. The Morgan fingerprint density at radius 1 is 1.36 bits per heavy atom. The van der Waals surface area contributed by atoms with E-state index in [2.05, 4.69) is 28.6 Å². The minimum absolute atomic E-state index is 0.00501. The Balaban J connectivity index is 1.55. The predicted octanol–water partition coefficient (Wildman–Crippen LogP) is 4.48. The molecule has 1 aliphatic heterocycles. The van der Waals surface area contributed by atoms with Gasteiger partial charge in [0.15, 0.2) is 17.3 Å². The Labute approximate surface area is 198 Å². The molecule has 5 rings (SSSR count). The van der Waals surface area contributed by atoms with E-state index in [1.165, 1.54) is 17.2 Å². The third-order valence-electron chi connectivity index (χ3n) is 7.71. The van der Waals surface area contributed by atoms with Crippen LogP contribution in [0, 0.1) is 11.8 Å². The Kier molecular flexibility index (Phi) is 5.83. The summed E-state index contributed by atoms with van der Waals surface area (Å²) < 4.78 is 6.33. The number of nitrogens with zero attached hydrogens (tertiary/aromatic N) is 2. The van der Waals surface area contributed by atoms with Crippen molar-refractivity contribution >= 4 is 23.4 Å². The largest absolute Gasteiger partial charge is 0.489 e. The second kappa shape index (κ2) is 8.65. The number of carboxylic acids is 1. The number of rotatable bonds is 5. The molecule has 2 aromatic rings. The average molecular weight is 469 g/mol. The molecule has 1 aromatic carbocycles. The van der Waals surface area contributed by atoms with Crippen LogP contribution in [0.1, 0.15) is 47.3 Å². The molecule has 3 aliphatic rings. The third kappa shape index (κ3) is 4.00. The number of benzene rings is 1. The highest BCUT2D eigenvalue weighted by Crippen LogP contribution is 2.45. The van der Waals surface area contributed by atoms with Gasteiger partial charge < -0.3 is 19.8 Å². The highest BCUT2D eigenvalue weighted by molar-refractivity contribution is 6.30. The van der Waals surface area contributed by atoms with E-state index >= 15 is 0 Å². The van der Waals surface area contributed by atoms with E-state index in [9.17, 15) is 15.0 Å². The van der Waals surface area contributed by atoms with Crippen molar-refractivity contribution in [1.29, 1.82) is 0 Å². The summed E-state index contributed by atoms with van der Waals surface area (Å²) in [6, 6.07) is 9.35. The smallest absolute Gasteiger partial charge is 0.354 e. The van der Waals surface area contributed by atoms with E-state index < -0.39 is 12.1 Å². The van der Waals surface area contributed by atoms with Crippen molar-refractivity contribution in [3.63, 3.8) is 0 Å². The van der Waals surface area contributed by atoms with Crippen LogP contribution in [0.25, 0.3) is 0 Å². The van der Waals surface area contributed by atoms with Gasteiger partial charge in [-0.3, -0.25) is 0 Å². The zero-order chi connectivity index (χ0) is 23.2. The minimum Gasteiger partial charge on any atom is -0.489 e. The molecule has 33 heavy (non-hydrogen) atoms. The fourth-order valence-electron chi connectivity index (χ4n) is 5.83. The van der Waals surface area contributed by atoms with Crippen molar-refractivity contribution in [2.45, 2.75) is 43.6 Å². The Hall–Kier alpha value is -2.57. The van der Waals surface area contributed by atoms with Gasteiger partial charge in [-0.1, -0.05) is 23.7 Å². The predicted molar refractivity (Wildman–Crippen MR) is 127 cm³/mol. The molecule has 1 aromatic heterocycles. The molecular weight excluding hydrogens is 440 g/mol. The molecule has 6 nitrogen and oxygen atoms in total. The van der Waals surface area contributed by atoms with Crippen LogP contribution < -0.4 is 9.64 Å². The van der Waals surface area contributed by atoms with Gasteiger partial charge in [-0.15, -0.1) is 6.58 Å². The monoisotopic (exact) mass is 468 g/mol. The minimum atomic E-state index is -1.06. The maximum Gasteiger partial charge on any atom is 0.354 e. The summed E-state index contributed by atoms with van der Waals surface area (Å²) >= 11 is 6.30. The van der Waals surface area contributed by atoms with Gasteiger partial charge in [0.1, 0.15) is 0 Å². The van der Waals surface area contributed by atoms with Crippen molar-refractivity contribution < 1.29 is 19.7 Å². The fourth-order valence-corrected chi connectivity index (χ4v) is 6.02. The average Bonchev–Trinajstić information content (AvgIpc) is 2.93. The molecule has 1 unspecified atom stereocenters. The van der Waals surface area contributed by atoms with E-state index in [0.29, 0.717) is 31.3 Å². The number of carbonyl (C=O) groups is 1. The van der Waals surface area contributed by atoms with Crippen molar-refractivity contribution in [2.24, 2.45) is 11.8 Å². The fraction of sp³-hybridized carbons (Fsp3) is 0.462. The van der Waals surface area contributed by atoms with Gasteiger partial charge >= 0.3 is 5.97 Å². The number of aromatic carboxylic acids is 1. The van der Waals surface area contributed by atoms with Crippen molar-refractivity contribution in [2.75, 3.05) is 24.6 Å². The second-order valence-electron chi connectivity index (χ2n) is 9.66. The first-order chi connectivity index (χ1) is 15.9.